The van der Waals surface area contributed by atoms with Crippen molar-refractivity contribution in [1.29, 1.82) is 5.41 Å². The number of aromatic nitrogens is 1. The molecule has 1 aromatic heterocycles. The van der Waals surface area contributed by atoms with Crippen LogP contribution >= 0.6 is 11.8 Å². The summed E-state index contributed by atoms with van der Waals surface area (Å²) in [6, 6.07) is 3.62. The Morgan fingerprint density at radius 3 is 3.07 bits per heavy atom. The highest BCUT2D eigenvalue weighted by Crippen LogP contribution is 2.17. The molecule has 3 N–H and O–H groups in total. The van der Waals surface area contributed by atoms with Gasteiger partial charge >= 0.3 is 0 Å². The molecule has 0 aliphatic heterocycles. The number of hydrogen-bond donors (Lipinski definition) is 2. The van der Waals surface area contributed by atoms with Crippen LogP contribution in [-0.4, -0.2) is 16.6 Å². The Bertz CT molecular complexity index is 312. The predicted octanol–water partition coefficient (Wildman–Crippen LogP) is 2.26. The van der Waals surface area contributed by atoms with E-state index in [1.54, 1.807) is 24.0 Å². The summed E-state index contributed by atoms with van der Waals surface area (Å²) in [6.45, 7) is 2.17. The molecule has 0 atom stereocenters. The Labute approximate surface area is 88.6 Å². The van der Waals surface area contributed by atoms with E-state index in [0.717, 1.165) is 16.3 Å². The van der Waals surface area contributed by atoms with E-state index in [1.165, 1.54) is 12.8 Å². The van der Waals surface area contributed by atoms with Gasteiger partial charge in [0.2, 0.25) is 0 Å². The van der Waals surface area contributed by atoms with Crippen LogP contribution in [0.2, 0.25) is 0 Å². The second kappa shape index (κ2) is 5.65. The normalized spacial score (nSPS) is 10.1. The average Bonchev–Trinajstić information content (AvgIpc) is 2.19. The number of nitrogen functional groups attached to an aromatic ring is 1. The summed E-state index contributed by atoms with van der Waals surface area (Å²) in [5, 5.41) is 8.24. The molecule has 1 rings (SSSR count). The topological polar surface area (TPSA) is 62.8 Å². The van der Waals surface area contributed by atoms with E-state index >= 15 is 0 Å². The number of pyridine rings is 1. The summed E-state index contributed by atoms with van der Waals surface area (Å²) in [7, 11) is 0. The fourth-order valence-electron chi connectivity index (χ4n) is 0.977. The third-order valence-corrected chi connectivity index (χ3v) is 2.81. The van der Waals surface area contributed by atoms with Gasteiger partial charge in [-0.25, -0.2) is 4.98 Å². The zero-order chi connectivity index (χ0) is 10.4. The van der Waals surface area contributed by atoms with Gasteiger partial charge in [-0.05, 0) is 24.3 Å². The molecule has 0 aliphatic rings. The SMILES string of the molecule is CCCCSc1cc(C(=N)N)ccn1. The predicted molar refractivity (Wildman–Crippen MR) is 60.9 cm³/mol. The number of nitrogens with two attached hydrogens (primary N) is 1. The molecule has 14 heavy (non-hydrogen) atoms. The average molecular weight is 209 g/mol. The lowest BCUT2D eigenvalue weighted by molar-refractivity contribution is 0.894. The van der Waals surface area contributed by atoms with Crippen LogP contribution in [-0.2, 0) is 0 Å². The minimum atomic E-state index is 0.102. The molecule has 0 bridgehead atoms. The van der Waals surface area contributed by atoms with Crippen LogP contribution in [0.15, 0.2) is 23.4 Å². The van der Waals surface area contributed by atoms with Crippen molar-refractivity contribution in [3.8, 4) is 0 Å². The first-order chi connectivity index (χ1) is 6.74. The summed E-state index contributed by atoms with van der Waals surface area (Å²) in [5.74, 6) is 1.18. The lowest BCUT2D eigenvalue weighted by Gasteiger charge is -2.02. The van der Waals surface area contributed by atoms with Crippen molar-refractivity contribution in [1.82, 2.24) is 4.98 Å². The number of unbranched alkanes of at least 4 members (excludes halogenated alkanes) is 1. The van der Waals surface area contributed by atoms with Crippen LogP contribution < -0.4 is 5.73 Å². The highest BCUT2D eigenvalue weighted by atomic mass is 32.2. The summed E-state index contributed by atoms with van der Waals surface area (Å²) in [6.07, 6.45) is 4.08. The van der Waals surface area contributed by atoms with Gasteiger partial charge in [0.05, 0.1) is 5.03 Å². The lowest BCUT2D eigenvalue weighted by atomic mass is 10.2. The Kier molecular flexibility index (Phi) is 4.46. The van der Waals surface area contributed by atoms with Gasteiger partial charge in [0.25, 0.3) is 0 Å². The molecule has 0 saturated heterocycles. The Morgan fingerprint density at radius 2 is 2.43 bits per heavy atom. The van der Waals surface area contributed by atoms with E-state index < -0.39 is 0 Å². The van der Waals surface area contributed by atoms with Gasteiger partial charge in [-0.1, -0.05) is 13.3 Å². The van der Waals surface area contributed by atoms with E-state index in [4.69, 9.17) is 11.1 Å². The Balaban J connectivity index is 2.59. The summed E-state index contributed by atoms with van der Waals surface area (Å²) in [4.78, 5) is 4.20. The van der Waals surface area contributed by atoms with Crippen LogP contribution in [0.3, 0.4) is 0 Å². The van der Waals surface area contributed by atoms with Crippen LogP contribution in [0.4, 0.5) is 0 Å². The molecule has 1 aromatic rings. The zero-order valence-corrected chi connectivity index (χ0v) is 9.10. The molecular formula is C10H15N3S. The van der Waals surface area contributed by atoms with Gasteiger partial charge < -0.3 is 5.73 Å². The molecular weight excluding hydrogens is 194 g/mol. The van der Waals surface area contributed by atoms with Crippen LogP contribution in [0.25, 0.3) is 0 Å². The quantitative estimate of drug-likeness (QED) is 0.338. The van der Waals surface area contributed by atoms with Gasteiger partial charge in [0.1, 0.15) is 5.84 Å². The molecule has 0 radical (unpaired) electrons. The molecule has 0 spiro atoms. The van der Waals surface area contributed by atoms with Crippen molar-refractivity contribution in [3.63, 3.8) is 0 Å². The van der Waals surface area contributed by atoms with Crippen LogP contribution in [0, 0.1) is 5.41 Å². The maximum absolute atomic E-state index is 7.29. The molecule has 1 heterocycles. The molecule has 4 heteroatoms. The standard InChI is InChI=1S/C10H15N3S/c1-2-3-6-14-9-7-8(10(11)12)4-5-13-9/h4-5,7H,2-3,6H2,1H3,(H3,11,12). The third-order valence-electron chi connectivity index (χ3n) is 1.79. The van der Waals surface area contributed by atoms with Crippen molar-refractivity contribution in [2.45, 2.75) is 24.8 Å². The summed E-state index contributed by atoms with van der Waals surface area (Å²) < 4.78 is 0. The van der Waals surface area contributed by atoms with E-state index in [2.05, 4.69) is 11.9 Å². The maximum atomic E-state index is 7.29. The van der Waals surface area contributed by atoms with E-state index in [-0.39, 0.29) is 5.84 Å². The van der Waals surface area contributed by atoms with Gasteiger partial charge in [-0.2, -0.15) is 0 Å². The molecule has 0 aliphatic carbocycles. The second-order valence-electron chi connectivity index (χ2n) is 3.00. The van der Waals surface area contributed by atoms with Gasteiger partial charge in [0.15, 0.2) is 0 Å². The Hall–Kier alpha value is -1.03. The van der Waals surface area contributed by atoms with Crippen molar-refractivity contribution in [3.05, 3.63) is 23.9 Å². The highest BCUT2D eigenvalue weighted by Gasteiger charge is 1.99. The highest BCUT2D eigenvalue weighted by molar-refractivity contribution is 7.99. The van der Waals surface area contributed by atoms with Crippen molar-refractivity contribution in [2.24, 2.45) is 5.73 Å². The number of nitrogens with one attached hydrogen (secondary N) is 1. The molecule has 0 fully saturated rings. The fourth-order valence-corrected chi connectivity index (χ4v) is 1.96. The van der Waals surface area contributed by atoms with Gasteiger partial charge in [-0.3, -0.25) is 5.41 Å². The molecule has 0 aromatic carbocycles. The first-order valence-electron chi connectivity index (χ1n) is 4.67. The Morgan fingerprint density at radius 1 is 1.64 bits per heavy atom. The van der Waals surface area contributed by atoms with Gasteiger partial charge in [-0.15, -0.1) is 11.8 Å². The van der Waals surface area contributed by atoms with E-state index in [9.17, 15) is 0 Å². The van der Waals surface area contributed by atoms with Gasteiger partial charge in [0, 0.05) is 11.8 Å². The molecule has 3 nitrogen and oxygen atoms in total. The monoisotopic (exact) mass is 209 g/mol. The van der Waals surface area contributed by atoms with E-state index in [0.29, 0.717) is 0 Å². The fraction of sp³-hybridized carbons (Fsp3) is 0.400. The first-order valence-corrected chi connectivity index (χ1v) is 5.66. The maximum Gasteiger partial charge on any atom is 0.122 e. The zero-order valence-electron chi connectivity index (χ0n) is 8.29. The minimum absolute atomic E-state index is 0.102. The first kappa shape index (κ1) is 11.0. The third kappa shape index (κ3) is 3.38. The minimum Gasteiger partial charge on any atom is -0.384 e. The van der Waals surface area contributed by atoms with Crippen LogP contribution in [0.1, 0.15) is 25.3 Å². The lowest BCUT2D eigenvalue weighted by Crippen LogP contribution is -2.11. The van der Waals surface area contributed by atoms with Crippen LogP contribution in [0.5, 0.6) is 0 Å². The molecule has 0 unspecified atom stereocenters. The number of rotatable bonds is 5. The second-order valence-corrected chi connectivity index (χ2v) is 4.11. The largest absolute Gasteiger partial charge is 0.384 e. The van der Waals surface area contributed by atoms with Crippen molar-refractivity contribution < 1.29 is 0 Å². The van der Waals surface area contributed by atoms with Crippen molar-refractivity contribution >= 4 is 17.6 Å². The number of hydrogen-bond acceptors (Lipinski definition) is 3. The molecule has 0 saturated carbocycles. The molecule has 0 amide bonds. The van der Waals surface area contributed by atoms with Crippen molar-refractivity contribution in [2.75, 3.05) is 5.75 Å². The smallest absolute Gasteiger partial charge is 0.122 e. The van der Waals surface area contributed by atoms with E-state index in [1.807, 2.05) is 6.07 Å². The summed E-state index contributed by atoms with van der Waals surface area (Å²) >= 11 is 1.71. The number of amidine groups is 1. The number of nitrogens with zero attached hydrogens (tertiary/aromatic N) is 1. The summed E-state index contributed by atoms with van der Waals surface area (Å²) in [5.41, 5.74) is 6.13. The molecule has 76 valence electrons. The number of thioether (sulfide) groups is 1.